The fourth-order valence-electron chi connectivity index (χ4n) is 2.15. The Morgan fingerprint density at radius 3 is 2.46 bits per heavy atom. The number of likely N-dealkylation sites (N-methyl/N-ethyl adjacent to an activating group) is 1. The summed E-state index contributed by atoms with van der Waals surface area (Å²) in [7, 11) is 1.48. The molecule has 2 rings (SSSR count). The third kappa shape index (κ3) is 5.61. The Hall–Kier alpha value is -2.31. The number of hydrogen-bond donors (Lipinski definition) is 1. The predicted molar refractivity (Wildman–Crippen MR) is 99.2 cm³/mol. The fraction of sp³-hybridized carbons (Fsp3) is 0.222. The fourth-order valence-corrected chi connectivity index (χ4v) is 2.60. The maximum atomic E-state index is 12.9. The van der Waals surface area contributed by atoms with E-state index in [4.69, 9.17) is 27.9 Å². The molecule has 0 aromatic heterocycles. The average Bonchev–Trinajstić information content (AvgIpc) is 2.58. The number of benzene rings is 2. The van der Waals surface area contributed by atoms with Crippen molar-refractivity contribution in [2.24, 2.45) is 0 Å². The molecule has 0 spiro atoms. The Kier molecular flexibility index (Phi) is 6.83. The highest BCUT2D eigenvalue weighted by molar-refractivity contribution is 6.35. The maximum Gasteiger partial charge on any atom is 0.263 e. The molecule has 2 aromatic carbocycles. The van der Waals surface area contributed by atoms with Crippen molar-refractivity contribution in [1.82, 2.24) is 4.90 Å². The van der Waals surface area contributed by atoms with Gasteiger partial charge in [0, 0.05) is 17.8 Å². The quantitative estimate of drug-likeness (QED) is 0.799. The highest BCUT2D eigenvalue weighted by Crippen LogP contribution is 2.28. The molecular weight excluding hydrogens is 382 g/mol. The molecule has 26 heavy (non-hydrogen) atoms. The Morgan fingerprint density at radius 2 is 1.85 bits per heavy atom. The van der Waals surface area contributed by atoms with Crippen LogP contribution >= 0.6 is 23.2 Å². The van der Waals surface area contributed by atoms with Gasteiger partial charge in [-0.3, -0.25) is 9.59 Å². The third-order valence-electron chi connectivity index (χ3n) is 3.43. The van der Waals surface area contributed by atoms with Crippen molar-refractivity contribution in [1.29, 1.82) is 0 Å². The van der Waals surface area contributed by atoms with Crippen molar-refractivity contribution < 1.29 is 18.7 Å². The number of halogens is 3. The van der Waals surface area contributed by atoms with Crippen LogP contribution in [0, 0.1) is 5.82 Å². The van der Waals surface area contributed by atoms with Gasteiger partial charge in [0.15, 0.2) is 6.10 Å². The molecule has 1 atom stereocenters. The standard InChI is InChI=1S/C18H17Cl2FN2O3/c1-11(26-16-8-3-12(19)9-15(16)20)18(25)23(2)10-17(24)22-14-6-4-13(21)5-7-14/h3-9,11H,10H2,1-2H3,(H,22,24). The van der Waals surface area contributed by atoms with E-state index < -0.39 is 23.7 Å². The monoisotopic (exact) mass is 398 g/mol. The van der Waals surface area contributed by atoms with Gasteiger partial charge in [-0.15, -0.1) is 0 Å². The second-order valence-corrected chi connectivity index (χ2v) is 6.43. The van der Waals surface area contributed by atoms with Crippen molar-refractivity contribution in [3.8, 4) is 5.75 Å². The van der Waals surface area contributed by atoms with E-state index in [2.05, 4.69) is 5.32 Å². The van der Waals surface area contributed by atoms with E-state index in [1.807, 2.05) is 0 Å². The lowest BCUT2D eigenvalue weighted by Gasteiger charge is -2.22. The average molecular weight is 399 g/mol. The van der Waals surface area contributed by atoms with Crippen LogP contribution < -0.4 is 10.1 Å². The molecule has 8 heteroatoms. The van der Waals surface area contributed by atoms with E-state index in [1.165, 1.54) is 42.3 Å². The number of nitrogens with one attached hydrogen (secondary N) is 1. The Morgan fingerprint density at radius 1 is 1.19 bits per heavy atom. The largest absolute Gasteiger partial charge is 0.479 e. The molecule has 0 fully saturated rings. The number of carbonyl (C=O) groups excluding carboxylic acids is 2. The first-order valence-corrected chi connectivity index (χ1v) is 8.44. The molecule has 0 aliphatic carbocycles. The minimum atomic E-state index is -0.850. The van der Waals surface area contributed by atoms with Crippen LogP contribution in [-0.2, 0) is 9.59 Å². The predicted octanol–water partition coefficient (Wildman–Crippen LogP) is 4.00. The number of ether oxygens (including phenoxy) is 1. The molecular formula is C18H17Cl2FN2O3. The number of rotatable bonds is 6. The molecule has 0 bridgehead atoms. The van der Waals surface area contributed by atoms with Gasteiger partial charge >= 0.3 is 0 Å². The number of carbonyl (C=O) groups is 2. The summed E-state index contributed by atoms with van der Waals surface area (Å²) in [6.45, 7) is 1.37. The van der Waals surface area contributed by atoms with Crippen LogP contribution in [0.2, 0.25) is 10.0 Å². The van der Waals surface area contributed by atoms with Crippen LogP contribution in [0.5, 0.6) is 5.75 Å². The summed E-state index contributed by atoms with van der Waals surface area (Å²) in [6, 6.07) is 10.0. The van der Waals surface area contributed by atoms with Crippen LogP contribution in [0.3, 0.4) is 0 Å². The molecule has 1 unspecified atom stereocenters. The molecule has 0 aliphatic heterocycles. The lowest BCUT2D eigenvalue weighted by Crippen LogP contribution is -2.42. The van der Waals surface area contributed by atoms with E-state index in [0.29, 0.717) is 16.5 Å². The van der Waals surface area contributed by atoms with Crippen LogP contribution in [-0.4, -0.2) is 36.4 Å². The zero-order valence-corrected chi connectivity index (χ0v) is 15.6. The SMILES string of the molecule is CC(Oc1ccc(Cl)cc1Cl)C(=O)N(C)CC(=O)Nc1ccc(F)cc1. The van der Waals surface area contributed by atoms with Gasteiger partial charge in [-0.2, -0.15) is 0 Å². The van der Waals surface area contributed by atoms with Gasteiger partial charge in [0.2, 0.25) is 5.91 Å². The number of nitrogens with zero attached hydrogens (tertiary/aromatic N) is 1. The highest BCUT2D eigenvalue weighted by Gasteiger charge is 2.22. The Labute approximate surface area is 160 Å². The van der Waals surface area contributed by atoms with Gasteiger partial charge in [0.05, 0.1) is 11.6 Å². The van der Waals surface area contributed by atoms with E-state index in [-0.39, 0.29) is 11.6 Å². The van der Waals surface area contributed by atoms with Crippen LogP contribution in [0.25, 0.3) is 0 Å². The summed E-state index contributed by atoms with van der Waals surface area (Å²) in [5, 5.41) is 3.32. The summed E-state index contributed by atoms with van der Waals surface area (Å²) in [5.41, 5.74) is 0.439. The lowest BCUT2D eigenvalue weighted by molar-refractivity contribution is -0.139. The van der Waals surface area contributed by atoms with Gasteiger partial charge < -0.3 is 15.0 Å². The van der Waals surface area contributed by atoms with E-state index in [1.54, 1.807) is 19.1 Å². The first-order chi connectivity index (χ1) is 12.3. The van der Waals surface area contributed by atoms with Crippen LogP contribution in [0.1, 0.15) is 6.92 Å². The van der Waals surface area contributed by atoms with E-state index in [9.17, 15) is 14.0 Å². The molecule has 138 valence electrons. The molecule has 0 radical (unpaired) electrons. The van der Waals surface area contributed by atoms with Crippen molar-refractivity contribution >= 4 is 40.7 Å². The van der Waals surface area contributed by atoms with Gasteiger partial charge in [-0.05, 0) is 49.4 Å². The van der Waals surface area contributed by atoms with Crippen molar-refractivity contribution in [2.45, 2.75) is 13.0 Å². The first-order valence-electron chi connectivity index (χ1n) is 7.68. The van der Waals surface area contributed by atoms with E-state index in [0.717, 1.165) is 0 Å². The first kappa shape index (κ1) is 20.0. The highest BCUT2D eigenvalue weighted by atomic mass is 35.5. The molecule has 0 aliphatic rings. The zero-order chi connectivity index (χ0) is 19.3. The van der Waals surface area contributed by atoms with Crippen LogP contribution in [0.4, 0.5) is 10.1 Å². The molecule has 5 nitrogen and oxygen atoms in total. The second-order valence-electron chi connectivity index (χ2n) is 5.58. The molecule has 2 aromatic rings. The lowest BCUT2D eigenvalue weighted by atomic mass is 10.3. The minimum Gasteiger partial charge on any atom is -0.479 e. The molecule has 1 N–H and O–H groups in total. The molecule has 0 saturated carbocycles. The normalized spacial score (nSPS) is 11.6. The van der Waals surface area contributed by atoms with Gasteiger partial charge in [-0.1, -0.05) is 23.2 Å². The van der Waals surface area contributed by atoms with Crippen molar-refractivity contribution in [2.75, 3.05) is 18.9 Å². The number of hydrogen-bond acceptors (Lipinski definition) is 3. The summed E-state index contributed by atoms with van der Waals surface area (Å²) in [4.78, 5) is 25.6. The minimum absolute atomic E-state index is 0.182. The van der Waals surface area contributed by atoms with Crippen molar-refractivity contribution in [3.63, 3.8) is 0 Å². The zero-order valence-electron chi connectivity index (χ0n) is 14.1. The summed E-state index contributed by atoms with van der Waals surface area (Å²) >= 11 is 11.8. The summed E-state index contributed by atoms with van der Waals surface area (Å²) < 4.78 is 18.4. The number of amides is 2. The number of anilines is 1. The van der Waals surface area contributed by atoms with E-state index >= 15 is 0 Å². The summed E-state index contributed by atoms with van der Waals surface area (Å²) in [6.07, 6.45) is -0.850. The summed E-state index contributed by atoms with van der Waals surface area (Å²) in [5.74, 6) is -0.891. The second kappa shape index (κ2) is 8.87. The molecule has 2 amide bonds. The van der Waals surface area contributed by atoms with Gasteiger partial charge in [0.25, 0.3) is 5.91 Å². The molecule has 0 heterocycles. The Bertz CT molecular complexity index is 800. The van der Waals surface area contributed by atoms with Crippen molar-refractivity contribution in [3.05, 3.63) is 58.3 Å². The maximum absolute atomic E-state index is 12.9. The third-order valence-corrected chi connectivity index (χ3v) is 3.96. The Balaban J connectivity index is 1.91. The van der Waals surface area contributed by atoms with Crippen LogP contribution in [0.15, 0.2) is 42.5 Å². The smallest absolute Gasteiger partial charge is 0.263 e. The van der Waals surface area contributed by atoms with Gasteiger partial charge in [0.1, 0.15) is 11.6 Å². The molecule has 0 saturated heterocycles. The van der Waals surface area contributed by atoms with Gasteiger partial charge in [-0.25, -0.2) is 4.39 Å². The topological polar surface area (TPSA) is 58.6 Å².